The van der Waals surface area contributed by atoms with E-state index in [4.69, 9.17) is 5.73 Å². The molecule has 0 radical (unpaired) electrons. The molecule has 1 aliphatic rings. The molecule has 1 saturated carbocycles. The molecular weight excluding hydrogens is 302 g/mol. The molecule has 0 heterocycles. The van der Waals surface area contributed by atoms with E-state index in [0.717, 1.165) is 25.7 Å². The zero-order valence-electron chi connectivity index (χ0n) is 13.0. The van der Waals surface area contributed by atoms with Crippen LogP contribution in [0.4, 0.5) is 0 Å². The second kappa shape index (κ2) is 6.76. The van der Waals surface area contributed by atoms with Gasteiger partial charge in [0.15, 0.2) is 0 Å². The molecule has 2 rings (SSSR count). The van der Waals surface area contributed by atoms with Crippen molar-refractivity contribution in [3.05, 3.63) is 29.8 Å². The Labute approximate surface area is 131 Å². The molecule has 0 saturated heterocycles. The van der Waals surface area contributed by atoms with Crippen molar-refractivity contribution in [2.45, 2.75) is 42.7 Å². The highest BCUT2D eigenvalue weighted by Gasteiger charge is 2.24. The molecule has 0 aliphatic heterocycles. The van der Waals surface area contributed by atoms with E-state index in [-0.39, 0.29) is 22.9 Å². The Balaban J connectivity index is 2.15. The van der Waals surface area contributed by atoms with Crippen molar-refractivity contribution in [1.82, 2.24) is 9.62 Å². The van der Waals surface area contributed by atoms with E-state index in [1.54, 1.807) is 26.2 Å². The Morgan fingerprint density at radius 3 is 2.45 bits per heavy atom. The summed E-state index contributed by atoms with van der Waals surface area (Å²) < 4.78 is 27.6. The maximum Gasteiger partial charge on any atom is 0.253 e. The number of benzene rings is 1. The quantitative estimate of drug-likeness (QED) is 0.861. The van der Waals surface area contributed by atoms with E-state index in [2.05, 4.69) is 4.72 Å². The van der Waals surface area contributed by atoms with E-state index in [9.17, 15) is 13.2 Å². The molecule has 1 aliphatic carbocycles. The summed E-state index contributed by atoms with van der Waals surface area (Å²) in [6.45, 7) is 0. The van der Waals surface area contributed by atoms with Gasteiger partial charge in [-0.3, -0.25) is 4.79 Å². The minimum absolute atomic E-state index is 0.0852. The average molecular weight is 325 g/mol. The first-order chi connectivity index (χ1) is 10.3. The van der Waals surface area contributed by atoms with Gasteiger partial charge in [-0.1, -0.05) is 6.07 Å². The lowest BCUT2D eigenvalue weighted by atomic mass is 9.93. The maximum atomic E-state index is 12.5. The monoisotopic (exact) mass is 325 g/mol. The lowest BCUT2D eigenvalue weighted by Gasteiger charge is -2.26. The first kappa shape index (κ1) is 16.9. The largest absolute Gasteiger partial charge is 0.345 e. The van der Waals surface area contributed by atoms with Crippen molar-refractivity contribution in [2.24, 2.45) is 5.73 Å². The van der Waals surface area contributed by atoms with Crippen molar-refractivity contribution in [2.75, 3.05) is 14.1 Å². The zero-order valence-corrected chi connectivity index (χ0v) is 13.8. The normalized spacial score (nSPS) is 22.3. The SMILES string of the molecule is CN(C)C(=O)c1cccc(S(=O)(=O)NC2CCC(N)CC2)c1. The van der Waals surface area contributed by atoms with Crippen molar-refractivity contribution < 1.29 is 13.2 Å². The number of carbonyl (C=O) groups excluding carboxylic acids is 1. The van der Waals surface area contributed by atoms with Gasteiger partial charge < -0.3 is 10.6 Å². The van der Waals surface area contributed by atoms with Crippen LogP contribution in [0.2, 0.25) is 0 Å². The number of carbonyl (C=O) groups is 1. The molecular formula is C15H23N3O3S. The molecule has 122 valence electrons. The van der Waals surface area contributed by atoms with Gasteiger partial charge in [-0.05, 0) is 43.9 Å². The van der Waals surface area contributed by atoms with Crippen LogP contribution in [0.5, 0.6) is 0 Å². The van der Waals surface area contributed by atoms with Crippen LogP contribution >= 0.6 is 0 Å². The molecule has 22 heavy (non-hydrogen) atoms. The minimum atomic E-state index is -3.62. The summed E-state index contributed by atoms with van der Waals surface area (Å²) in [7, 11) is -0.357. The number of amides is 1. The summed E-state index contributed by atoms with van der Waals surface area (Å²) in [4.78, 5) is 13.5. The molecule has 1 aromatic rings. The van der Waals surface area contributed by atoms with Crippen LogP contribution in [-0.4, -0.2) is 45.4 Å². The van der Waals surface area contributed by atoms with Crippen LogP contribution < -0.4 is 10.5 Å². The molecule has 3 N–H and O–H groups in total. The van der Waals surface area contributed by atoms with Gasteiger partial charge >= 0.3 is 0 Å². The third-order valence-corrected chi connectivity index (χ3v) is 5.41. The number of nitrogens with zero attached hydrogens (tertiary/aromatic N) is 1. The van der Waals surface area contributed by atoms with Gasteiger partial charge in [-0.2, -0.15) is 0 Å². The number of sulfonamides is 1. The fourth-order valence-corrected chi connectivity index (χ4v) is 3.93. The van der Waals surface area contributed by atoms with E-state index in [0.29, 0.717) is 5.56 Å². The highest BCUT2D eigenvalue weighted by atomic mass is 32.2. The van der Waals surface area contributed by atoms with Crippen LogP contribution in [0.25, 0.3) is 0 Å². The van der Waals surface area contributed by atoms with Gasteiger partial charge in [-0.25, -0.2) is 13.1 Å². The van der Waals surface area contributed by atoms with Crippen molar-refractivity contribution in [1.29, 1.82) is 0 Å². The third-order valence-electron chi connectivity index (χ3n) is 3.89. The molecule has 7 heteroatoms. The third kappa shape index (κ3) is 4.06. The predicted molar refractivity (Wildman–Crippen MR) is 85.0 cm³/mol. The van der Waals surface area contributed by atoms with Crippen molar-refractivity contribution >= 4 is 15.9 Å². The van der Waals surface area contributed by atoms with E-state index < -0.39 is 10.0 Å². The molecule has 6 nitrogen and oxygen atoms in total. The lowest BCUT2D eigenvalue weighted by Crippen LogP contribution is -2.40. The number of nitrogens with two attached hydrogens (primary N) is 1. The Bertz CT molecular complexity index is 635. The second-order valence-corrected chi connectivity index (χ2v) is 7.67. The standard InChI is InChI=1S/C15H23N3O3S/c1-18(2)15(19)11-4-3-5-14(10-11)22(20,21)17-13-8-6-12(16)7-9-13/h3-5,10,12-13,17H,6-9,16H2,1-2H3. The maximum absolute atomic E-state index is 12.5. The fourth-order valence-electron chi connectivity index (χ4n) is 2.58. The Morgan fingerprint density at radius 2 is 1.86 bits per heavy atom. The van der Waals surface area contributed by atoms with Gasteiger partial charge in [0, 0.05) is 31.7 Å². The van der Waals surface area contributed by atoms with Crippen LogP contribution in [0.3, 0.4) is 0 Å². The summed E-state index contributed by atoms with van der Waals surface area (Å²) >= 11 is 0. The average Bonchev–Trinajstić information content (AvgIpc) is 2.48. The first-order valence-electron chi connectivity index (χ1n) is 7.39. The van der Waals surface area contributed by atoms with E-state index in [1.165, 1.54) is 17.0 Å². The van der Waals surface area contributed by atoms with E-state index >= 15 is 0 Å². The molecule has 0 bridgehead atoms. The Kier molecular flexibility index (Phi) is 5.20. The van der Waals surface area contributed by atoms with Crippen molar-refractivity contribution in [3.63, 3.8) is 0 Å². The fraction of sp³-hybridized carbons (Fsp3) is 0.533. The highest BCUT2D eigenvalue weighted by Crippen LogP contribution is 2.20. The Hall–Kier alpha value is -1.44. The van der Waals surface area contributed by atoms with Gasteiger partial charge in [0.2, 0.25) is 10.0 Å². The number of rotatable bonds is 4. The first-order valence-corrected chi connectivity index (χ1v) is 8.87. The van der Waals surface area contributed by atoms with Gasteiger partial charge in [0.25, 0.3) is 5.91 Å². The van der Waals surface area contributed by atoms with Crippen LogP contribution in [0.1, 0.15) is 36.0 Å². The Morgan fingerprint density at radius 1 is 1.23 bits per heavy atom. The van der Waals surface area contributed by atoms with E-state index in [1.807, 2.05) is 0 Å². The van der Waals surface area contributed by atoms with Crippen LogP contribution in [0.15, 0.2) is 29.2 Å². The minimum Gasteiger partial charge on any atom is -0.345 e. The molecule has 0 atom stereocenters. The summed E-state index contributed by atoms with van der Waals surface area (Å²) in [6.07, 6.45) is 3.14. The van der Waals surface area contributed by atoms with Gasteiger partial charge in [-0.15, -0.1) is 0 Å². The lowest BCUT2D eigenvalue weighted by molar-refractivity contribution is 0.0827. The van der Waals surface area contributed by atoms with Crippen molar-refractivity contribution in [3.8, 4) is 0 Å². The number of nitrogens with one attached hydrogen (secondary N) is 1. The van der Waals surface area contributed by atoms with Crippen LogP contribution in [-0.2, 0) is 10.0 Å². The highest BCUT2D eigenvalue weighted by molar-refractivity contribution is 7.89. The molecule has 0 unspecified atom stereocenters. The molecule has 0 spiro atoms. The molecule has 1 aromatic carbocycles. The summed E-state index contributed by atoms with van der Waals surface area (Å²) in [5.41, 5.74) is 6.19. The smallest absolute Gasteiger partial charge is 0.253 e. The van der Waals surface area contributed by atoms with Gasteiger partial charge in [0.1, 0.15) is 0 Å². The van der Waals surface area contributed by atoms with Crippen LogP contribution in [0, 0.1) is 0 Å². The summed E-state index contributed by atoms with van der Waals surface area (Å²) in [5.74, 6) is -0.222. The van der Waals surface area contributed by atoms with Gasteiger partial charge in [0.05, 0.1) is 4.90 Å². The zero-order chi connectivity index (χ0) is 16.3. The molecule has 1 amide bonds. The topological polar surface area (TPSA) is 92.5 Å². The number of hydrogen-bond donors (Lipinski definition) is 2. The number of hydrogen-bond acceptors (Lipinski definition) is 4. The summed E-state index contributed by atoms with van der Waals surface area (Å²) in [6, 6.07) is 6.20. The molecule has 1 fully saturated rings. The summed E-state index contributed by atoms with van der Waals surface area (Å²) in [5, 5.41) is 0. The predicted octanol–water partition coefficient (Wildman–Crippen LogP) is 0.937. The molecule has 0 aromatic heterocycles. The second-order valence-electron chi connectivity index (χ2n) is 5.96.